The molecule has 0 aliphatic carbocycles. The van der Waals surface area contributed by atoms with Crippen LogP contribution in [-0.4, -0.2) is 35.6 Å². The first-order valence-corrected chi connectivity index (χ1v) is 9.86. The number of carbonyl (C=O) groups is 1. The molecule has 6 nitrogen and oxygen atoms in total. The Labute approximate surface area is 142 Å². The van der Waals surface area contributed by atoms with Crippen LogP contribution in [0.25, 0.3) is 0 Å². The van der Waals surface area contributed by atoms with E-state index < -0.39 is 9.84 Å². The minimum Gasteiger partial charge on any atom is -0.323 e. The lowest BCUT2D eigenvalue weighted by Crippen LogP contribution is -2.20. The second kappa shape index (κ2) is 8.10. The summed E-state index contributed by atoms with van der Waals surface area (Å²) in [4.78, 5) is 12.5. The molecule has 7 heteroatoms. The van der Waals surface area contributed by atoms with E-state index >= 15 is 0 Å². The monoisotopic (exact) mass is 349 g/mol. The molecule has 0 spiro atoms. The molecule has 2 rings (SSSR count). The van der Waals surface area contributed by atoms with E-state index in [4.69, 9.17) is 0 Å². The number of aryl methyl sites for hydroxylation is 1. The number of benzene rings is 1. The maximum atomic E-state index is 12.5. The predicted molar refractivity (Wildman–Crippen MR) is 94.7 cm³/mol. The van der Waals surface area contributed by atoms with Gasteiger partial charge in [0.05, 0.1) is 30.1 Å². The third-order valence-electron chi connectivity index (χ3n) is 3.90. The zero-order chi connectivity index (χ0) is 17.6. The van der Waals surface area contributed by atoms with E-state index in [1.807, 2.05) is 37.3 Å². The molecule has 0 aliphatic rings. The molecule has 0 bridgehead atoms. The molecule has 0 unspecified atom stereocenters. The highest BCUT2D eigenvalue weighted by molar-refractivity contribution is 7.91. The number of anilines is 1. The van der Waals surface area contributed by atoms with E-state index in [-0.39, 0.29) is 29.9 Å². The molecule has 0 fully saturated rings. The van der Waals surface area contributed by atoms with Crippen LogP contribution in [0.1, 0.15) is 31.7 Å². The van der Waals surface area contributed by atoms with Crippen molar-refractivity contribution in [2.24, 2.45) is 0 Å². The van der Waals surface area contributed by atoms with E-state index in [0.29, 0.717) is 12.1 Å². The van der Waals surface area contributed by atoms with Gasteiger partial charge in [-0.2, -0.15) is 5.10 Å². The first kappa shape index (κ1) is 18.2. The van der Waals surface area contributed by atoms with E-state index in [2.05, 4.69) is 10.4 Å². The maximum Gasteiger partial charge on any atom is 0.231 e. The molecule has 0 saturated heterocycles. The quantitative estimate of drug-likeness (QED) is 0.794. The summed E-state index contributed by atoms with van der Waals surface area (Å²) in [5.41, 5.74) is 1.54. The summed E-state index contributed by atoms with van der Waals surface area (Å²) in [6.45, 7) is 3.87. The van der Waals surface area contributed by atoms with Crippen molar-refractivity contribution in [3.05, 3.63) is 48.3 Å². The molecule has 0 saturated carbocycles. The number of carbonyl (C=O) groups excluding carboxylic acids is 1. The van der Waals surface area contributed by atoms with Gasteiger partial charge in [-0.25, -0.2) is 8.42 Å². The summed E-state index contributed by atoms with van der Waals surface area (Å²) in [7, 11) is -3.03. The molecule has 1 amide bonds. The highest BCUT2D eigenvalue weighted by atomic mass is 32.2. The lowest BCUT2D eigenvalue weighted by atomic mass is 9.96. The van der Waals surface area contributed by atoms with Crippen LogP contribution >= 0.6 is 0 Å². The van der Waals surface area contributed by atoms with Crippen molar-refractivity contribution in [3.8, 4) is 0 Å². The Morgan fingerprint density at radius 3 is 2.58 bits per heavy atom. The zero-order valence-corrected chi connectivity index (χ0v) is 14.8. The molecular weight excluding hydrogens is 326 g/mol. The smallest absolute Gasteiger partial charge is 0.231 e. The number of hydrogen-bond acceptors (Lipinski definition) is 4. The summed E-state index contributed by atoms with van der Waals surface area (Å²) in [5, 5.41) is 6.95. The average molecular weight is 349 g/mol. The largest absolute Gasteiger partial charge is 0.323 e. The van der Waals surface area contributed by atoms with Gasteiger partial charge in [-0.05, 0) is 12.0 Å². The third kappa shape index (κ3) is 4.92. The highest BCUT2D eigenvalue weighted by Crippen LogP contribution is 2.21. The Bertz CT molecular complexity index is 769. The summed E-state index contributed by atoms with van der Waals surface area (Å²) in [5.74, 6) is -0.160. The van der Waals surface area contributed by atoms with Crippen molar-refractivity contribution in [1.82, 2.24) is 9.78 Å². The summed E-state index contributed by atoms with van der Waals surface area (Å²) in [6.07, 6.45) is 3.88. The summed E-state index contributed by atoms with van der Waals surface area (Å²) >= 11 is 0. The van der Waals surface area contributed by atoms with Gasteiger partial charge in [-0.3, -0.25) is 9.48 Å². The van der Waals surface area contributed by atoms with Crippen LogP contribution in [0.2, 0.25) is 0 Å². The molecule has 1 aromatic carbocycles. The van der Waals surface area contributed by atoms with E-state index in [1.54, 1.807) is 13.1 Å². The van der Waals surface area contributed by atoms with Gasteiger partial charge in [-0.15, -0.1) is 0 Å². The van der Waals surface area contributed by atoms with Crippen LogP contribution in [0.5, 0.6) is 0 Å². The van der Waals surface area contributed by atoms with Crippen molar-refractivity contribution in [2.45, 2.75) is 32.7 Å². The average Bonchev–Trinajstić information content (AvgIpc) is 3.02. The molecule has 1 aromatic heterocycles. The molecule has 1 N–H and O–H groups in total. The molecule has 130 valence electrons. The van der Waals surface area contributed by atoms with Gasteiger partial charge in [0.1, 0.15) is 0 Å². The van der Waals surface area contributed by atoms with Gasteiger partial charge in [0.2, 0.25) is 5.91 Å². The topological polar surface area (TPSA) is 81.1 Å². The maximum absolute atomic E-state index is 12.5. The summed E-state index contributed by atoms with van der Waals surface area (Å²) < 4.78 is 24.6. The third-order valence-corrected chi connectivity index (χ3v) is 5.58. The van der Waals surface area contributed by atoms with Crippen molar-refractivity contribution in [2.75, 3.05) is 16.8 Å². The molecule has 0 aliphatic heterocycles. The number of nitrogens with one attached hydrogen (secondary N) is 1. The number of rotatable bonds is 8. The van der Waals surface area contributed by atoms with Crippen LogP contribution in [0.4, 0.5) is 5.69 Å². The number of nitrogens with zero attached hydrogens (tertiary/aromatic N) is 2. The number of sulfone groups is 1. The highest BCUT2D eigenvalue weighted by Gasteiger charge is 2.19. The second-order valence-corrected chi connectivity index (χ2v) is 8.06. The fourth-order valence-corrected chi connectivity index (χ4v) is 3.17. The van der Waals surface area contributed by atoms with Crippen molar-refractivity contribution < 1.29 is 13.2 Å². The van der Waals surface area contributed by atoms with Gasteiger partial charge in [0.25, 0.3) is 0 Å². The van der Waals surface area contributed by atoms with E-state index in [0.717, 1.165) is 5.56 Å². The van der Waals surface area contributed by atoms with Crippen molar-refractivity contribution >= 4 is 21.4 Å². The molecule has 1 atom stereocenters. The molecule has 2 aromatic rings. The molecule has 1 heterocycles. The number of hydrogen-bond donors (Lipinski definition) is 1. The molecule has 24 heavy (non-hydrogen) atoms. The first-order valence-electron chi connectivity index (χ1n) is 8.04. The number of aromatic nitrogens is 2. The number of amides is 1. The zero-order valence-electron chi connectivity index (χ0n) is 14.0. The Balaban J connectivity index is 1.99. The van der Waals surface area contributed by atoms with Crippen LogP contribution < -0.4 is 5.32 Å². The van der Waals surface area contributed by atoms with Crippen LogP contribution in [0.3, 0.4) is 0 Å². The Morgan fingerprint density at radius 1 is 1.25 bits per heavy atom. The van der Waals surface area contributed by atoms with Gasteiger partial charge in [0, 0.05) is 11.9 Å². The SMILES string of the molecule is CC[C@H](C(=O)Nc1cnn(CCS(=O)(=O)CC)c1)c1ccccc1. The first-order chi connectivity index (χ1) is 11.4. The van der Waals surface area contributed by atoms with Crippen molar-refractivity contribution in [3.63, 3.8) is 0 Å². The van der Waals surface area contributed by atoms with E-state index in [9.17, 15) is 13.2 Å². The van der Waals surface area contributed by atoms with Crippen LogP contribution in [0.15, 0.2) is 42.7 Å². The minimum absolute atomic E-state index is 0.0418. The van der Waals surface area contributed by atoms with E-state index in [1.165, 1.54) is 10.9 Å². The van der Waals surface area contributed by atoms with Crippen molar-refractivity contribution in [1.29, 1.82) is 0 Å². The Morgan fingerprint density at radius 2 is 1.96 bits per heavy atom. The van der Waals surface area contributed by atoms with Gasteiger partial charge in [0.15, 0.2) is 9.84 Å². The minimum atomic E-state index is -3.03. The van der Waals surface area contributed by atoms with Crippen LogP contribution in [0, 0.1) is 0 Å². The van der Waals surface area contributed by atoms with Crippen LogP contribution in [-0.2, 0) is 21.2 Å². The lowest BCUT2D eigenvalue weighted by molar-refractivity contribution is -0.117. The van der Waals surface area contributed by atoms with Gasteiger partial charge in [-0.1, -0.05) is 44.2 Å². The van der Waals surface area contributed by atoms with Gasteiger partial charge >= 0.3 is 0 Å². The fourth-order valence-electron chi connectivity index (χ4n) is 2.41. The molecular formula is C17H23N3O3S. The normalized spacial score (nSPS) is 12.8. The standard InChI is InChI=1S/C17H23N3O3S/c1-3-16(14-8-6-5-7-9-14)17(21)19-15-12-18-20(13-15)10-11-24(22,23)4-2/h5-9,12-13,16H,3-4,10-11H2,1-2H3,(H,19,21)/t16-/m0/s1. The Hall–Kier alpha value is -2.15. The second-order valence-electron chi connectivity index (χ2n) is 5.59. The Kier molecular flexibility index (Phi) is 6.14. The fraction of sp³-hybridized carbons (Fsp3) is 0.412. The lowest BCUT2D eigenvalue weighted by Gasteiger charge is -2.14. The molecule has 0 radical (unpaired) electrons. The van der Waals surface area contributed by atoms with Gasteiger partial charge < -0.3 is 5.32 Å². The predicted octanol–water partition coefficient (Wildman–Crippen LogP) is 2.45. The summed E-state index contributed by atoms with van der Waals surface area (Å²) in [6, 6.07) is 9.62.